The number of pyridine rings is 1. The van der Waals surface area contributed by atoms with Gasteiger partial charge in [-0.25, -0.2) is 0 Å². The molecule has 0 aliphatic rings. The Balaban J connectivity index is 1.95. The van der Waals surface area contributed by atoms with Crippen LogP contribution in [0.3, 0.4) is 0 Å². The van der Waals surface area contributed by atoms with Crippen LogP contribution in [0.2, 0.25) is 0 Å². The summed E-state index contributed by atoms with van der Waals surface area (Å²) in [6, 6.07) is 4.02. The zero-order chi connectivity index (χ0) is 9.80. The molecule has 0 spiro atoms. The molecule has 0 saturated carbocycles. The van der Waals surface area contributed by atoms with Crippen LogP contribution in [0.25, 0.3) is 0 Å². The van der Waals surface area contributed by atoms with Crippen molar-refractivity contribution in [2.24, 2.45) is 7.05 Å². The van der Waals surface area contributed by atoms with E-state index < -0.39 is 0 Å². The molecule has 0 unspecified atom stereocenters. The first kappa shape index (κ1) is 8.87. The van der Waals surface area contributed by atoms with E-state index in [2.05, 4.69) is 21.4 Å². The van der Waals surface area contributed by atoms with Crippen LogP contribution in [0.5, 0.6) is 0 Å². The maximum Gasteiger partial charge on any atom is 0.0830 e. The van der Waals surface area contributed by atoms with Crippen LogP contribution in [0.15, 0.2) is 30.7 Å². The van der Waals surface area contributed by atoms with Gasteiger partial charge >= 0.3 is 0 Å². The Bertz CT molecular complexity index is 394. The summed E-state index contributed by atoms with van der Waals surface area (Å²) < 4.78 is 1.72. The molecule has 0 aliphatic heterocycles. The first-order valence-electron chi connectivity index (χ1n) is 4.59. The van der Waals surface area contributed by atoms with Gasteiger partial charge in [0, 0.05) is 25.6 Å². The normalized spacial score (nSPS) is 10.4. The molecule has 0 fully saturated rings. The van der Waals surface area contributed by atoms with Crippen molar-refractivity contribution in [1.82, 2.24) is 20.0 Å². The maximum absolute atomic E-state index is 4.06. The first-order valence-corrected chi connectivity index (χ1v) is 4.59. The lowest BCUT2D eigenvalue weighted by molar-refractivity contribution is 0.713. The van der Waals surface area contributed by atoms with Crippen molar-refractivity contribution in [1.29, 1.82) is 0 Å². The monoisotopic (exact) mass is 188 g/mol. The van der Waals surface area contributed by atoms with Gasteiger partial charge in [0.05, 0.1) is 5.69 Å². The molecule has 4 heteroatoms. The van der Waals surface area contributed by atoms with Crippen LogP contribution in [0.4, 0.5) is 0 Å². The standard InChI is InChI=1S/C10H12N4/c1-14-8-10(12-13-14)5-4-9-3-2-6-11-7-9/h2-3,6-8H,4-5H2,1H3. The third-order valence-electron chi connectivity index (χ3n) is 2.04. The molecule has 2 rings (SSSR count). The van der Waals surface area contributed by atoms with Crippen molar-refractivity contribution >= 4 is 0 Å². The predicted octanol–water partition coefficient (Wildman–Crippen LogP) is 0.995. The highest BCUT2D eigenvalue weighted by molar-refractivity contribution is 5.10. The van der Waals surface area contributed by atoms with E-state index in [1.807, 2.05) is 25.5 Å². The first-order chi connectivity index (χ1) is 6.84. The summed E-state index contributed by atoms with van der Waals surface area (Å²) in [7, 11) is 1.88. The lowest BCUT2D eigenvalue weighted by atomic mass is 10.1. The van der Waals surface area contributed by atoms with E-state index in [0.29, 0.717) is 0 Å². The van der Waals surface area contributed by atoms with Crippen LogP contribution in [-0.4, -0.2) is 20.0 Å². The van der Waals surface area contributed by atoms with Crippen molar-refractivity contribution in [2.45, 2.75) is 12.8 Å². The molecule has 0 aromatic carbocycles. The van der Waals surface area contributed by atoms with Gasteiger partial charge in [-0.2, -0.15) is 0 Å². The second-order valence-corrected chi connectivity index (χ2v) is 3.24. The molecule has 0 N–H and O–H groups in total. The van der Waals surface area contributed by atoms with Gasteiger partial charge in [-0.15, -0.1) is 5.10 Å². The minimum absolute atomic E-state index is 0.916. The van der Waals surface area contributed by atoms with Crippen LogP contribution < -0.4 is 0 Å². The number of nitrogens with zero attached hydrogens (tertiary/aromatic N) is 4. The number of hydrogen-bond acceptors (Lipinski definition) is 3. The van der Waals surface area contributed by atoms with Crippen molar-refractivity contribution in [2.75, 3.05) is 0 Å². The highest BCUT2D eigenvalue weighted by atomic mass is 15.4. The maximum atomic E-state index is 4.06. The van der Waals surface area contributed by atoms with Gasteiger partial charge in [0.1, 0.15) is 0 Å². The summed E-state index contributed by atoms with van der Waals surface area (Å²) in [4.78, 5) is 4.06. The second-order valence-electron chi connectivity index (χ2n) is 3.24. The molecule has 4 nitrogen and oxygen atoms in total. The van der Waals surface area contributed by atoms with Gasteiger partial charge in [0.25, 0.3) is 0 Å². The molecular weight excluding hydrogens is 176 g/mol. The van der Waals surface area contributed by atoms with E-state index in [9.17, 15) is 0 Å². The van der Waals surface area contributed by atoms with E-state index in [1.165, 1.54) is 5.56 Å². The van der Waals surface area contributed by atoms with Crippen LogP contribution in [-0.2, 0) is 19.9 Å². The summed E-state index contributed by atoms with van der Waals surface area (Å²) in [6.45, 7) is 0. The van der Waals surface area contributed by atoms with Crippen molar-refractivity contribution in [3.05, 3.63) is 42.0 Å². The Kier molecular flexibility index (Phi) is 2.53. The zero-order valence-corrected chi connectivity index (χ0v) is 8.09. The molecule has 2 heterocycles. The molecule has 0 saturated heterocycles. The number of rotatable bonds is 3. The molecule has 72 valence electrons. The average molecular weight is 188 g/mol. The number of aryl methyl sites for hydroxylation is 3. The topological polar surface area (TPSA) is 43.6 Å². The number of aromatic nitrogens is 4. The highest BCUT2D eigenvalue weighted by Gasteiger charge is 1.98. The lowest BCUT2D eigenvalue weighted by Gasteiger charge is -1.96. The third-order valence-corrected chi connectivity index (χ3v) is 2.04. The lowest BCUT2D eigenvalue weighted by Crippen LogP contribution is -1.91. The van der Waals surface area contributed by atoms with Gasteiger partial charge < -0.3 is 0 Å². The highest BCUT2D eigenvalue weighted by Crippen LogP contribution is 2.02. The smallest absolute Gasteiger partial charge is 0.0830 e. The second kappa shape index (κ2) is 4.00. The molecular formula is C10H12N4. The van der Waals surface area contributed by atoms with E-state index >= 15 is 0 Å². The van der Waals surface area contributed by atoms with Gasteiger partial charge in [-0.1, -0.05) is 11.3 Å². The quantitative estimate of drug-likeness (QED) is 0.721. The fourth-order valence-electron chi connectivity index (χ4n) is 1.33. The Morgan fingerprint density at radius 1 is 1.36 bits per heavy atom. The molecule has 2 aromatic rings. The van der Waals surface area contributed by atoms with Crippen molar-refractivity contribution < 1.29 is 0 Å². The largest absolute Gasteiger partial charge is 0.264 e. The van der Waals surface area contributed by atoms with Crippen molar-refractivity contribution in [3.63, 3.8) is 0 Å². The molecule has 2 aromatic heterocycles. The van der Waals surface area contributed by atoms with E-state index in [1.54, 1.807) is 10.9 Å². The third kappa shape index (κ3) is 2.16. The predicted molar refractivity (Wildman–Crippen MR) is 52.6 cm³/mol. The van der Waals surface area contributed by atoms with Gasteiger partial charge in [-0.05, 0) is 24.5 Å². The zero-order valence-electron chi connectivity index (χ0n) is 8.09. The molecule has 0 amide bonds. The van der Waals surface area contributed by atoms with E-state index in [0.717, 1.165) is 18.5 Å². The summed E-state index contributed by atoms with van der Waals surface area (Å²) in [6.07, 6.45) is 7.49. The fourth-order valence-corrected chi connectivity index (χ4v) is 1.33. The average Bonchev–Trinajstić information content (AvgIpc) is 2.63. The van der Waals surface area contributed by atoms with Crippen LogP contribution in [0, 0.1) is 0 Å². The summed E-state index contributed by atoms with van der Waals surface area (Å²) in [5.74, 6) is 0. The van der Waals surface area contributed by atoms with Gasteiger partial charge in [0.2, 0.25) is 0 Å². The summed E-state index contributed by atoms with van der Waals surface area (Å²) >= 11 is 0. The summed E-state index contributed by atoms with van der Waals surface area (Å²) in [5, 5.41) is 7.90. The minimum Gasteiger partial charge on any atom is -0.264 e. The number of hydrogen-bond donors (Lipinski definition) is 0. The molecule has 0 bridgehead atoms. The molecule has 14 heavy (non-hydrogen) atoms. The Hall–Kier alpha value is -1.71. The molecule has 0 atom stereocenters. The van der Waals surface area contributed by atoms with Crippen LogP contribution in [0.1, 0.15) is 11.3 Å². The van der Waals surface area contributed by atoms with Crippen LogP contribution >= 0.6 is 0 Å². The molecule has 0 aliphatic carbocycles. The van der Waals surface area contributed by atoms with E-state index in [4.69, 9.17) is 0 Å². The fraction of sp³-hybridized carbons (Fsp3) is 0.300. The minimum atomic E-state index is 0.916. The SMILES string of the molecule is Cn1cc(CCc2cccnc2)nn1. The molecule has 0 radical (unpaired) electrons. The van der Waals surface area contributed by atoms with E-state index in [-0.39, 0.29) is 0 Å². The summed E-state index contributed by atoms with van der Waals surface area (Å²) in [5.41, 5.74) is 2.26. The Labute approximate surface area is 82.6 Å². The Morgan fingerprint density at radius 2 is 2.29 bits per heavy atom. The van der Waals surface area contributed by atoms with Gasteiger partial charge in [0.15, 0.2) is 0 Å². The van der Waals surface area contributed by atoms with Gasteiger partial charge in [-0.3, -0.25) is 9.67 Å². The van der Waals surface area contributed by atoms with Crippen molar-refractivity contribution in [3.8, 4) is 0 Å². The Morgan fingerprint density at radius 3 is 2.93 bits per heavy atom.